The number of amides is 1. The maximum absolute atomic E-state index is 12.7. The Morgan fingerprint density at radius 3 is 2.30 bits per heavy atom. The molecule has 27 heavy (non-hydrogen) atoms. The summed E-state index contributed by atoms with van der Waals surface area (Å²) in [6, 6.07) is 14.9. The molecule has 1 N–H and O–H groups in total. The van der Waals surface area contributed by atoms with Crippen molar-refractivity contribution in [1.29, 1.82) is 0 Å². The summed E-state index contributed by atoms with van der Waals surface area (Å²) in [6.07, 6.45) is 0. The standard InChI is InChI=1S/C23H31N3O/c1-18-9-7-11-22(20(18)3)25-12-14-26(15-13-25)23(27)17-24(4)16-21-10-6-5-8-19(21)2/h5-11H,12-17H2,1-4H3/p+1. The first-order valence-electron chi connectivity index (χ1n) is 9.90. The van der Waals surface area contributed by atoms with E-state index in [2.05, 4.69) is 75.2 Å². The largest absolute Gasteiger partial charge is 0.368 e. The van der Waals surface area contributed by atoms with Crippen molar-refractivity contribution in [2.24, 2.45) is 0 Å². The highest BCUT2D eigenvalue weighted by atomic mass is 16.2. The number of nitrogens with zero attached hydrogens (tertiary/aromatic N) is 2. The van der Waals surface area contributed by atoms with Crippen LogP contribution in [0.25, 0.3) is 0 Å². The Hall–Kier alpha value is -2.33. The number of aryl methyl sites for hydroxylation is 2. The fourth-order valence-corrected chi connectivity index (χ4v) is 3.84. The van der Waals surface area contributed by atoms with Crippen LogP contribution in [0.15, 0.2) is 42.5 Å². The zero-order valence-corrected chi connectivity index (χ0v) is 17.1. The van der Waals surface area contributed by atoms with E-state index in [0.29, 0.717) is 6.54 Å². The van der Waals surface area contributed by atoms with Gasteiger partial charge in [0, 0.05) is 37.4 Å². The van der Waals surface area contributed by atoms with E-state index in [1.165, 1.54) is 32.8 Å². The van der Waals surface area contributed by atoms with E-state index in [1.807, 2.05) is 4.90 Å². The number of benzene rings is 2. The summed E-state index contributed by atoms with van der Waals surface area (Å²) in [5.74, 6) is 0.265. The van der Waals surface area contributed by atoms with Gasteiger partial charge in [0.1, 0.15) is 6.54 Å². The minimum Gasteiger partial charge on any atom is -0.368 e. The van der Waals surface area contributed by atoms with Crippen LogP contribution in [-0.4, -0.2) is 50.6 Å². The summed E-state index contributed by atoms with van der Waals surface area (Å²) in [5, 5.41) is 0. The Balaban J connectivity index is 1.52. The highest BCUT2D eigenvalue weighted by Crippen LogP contribution is 2.23. The van der Waals surface area contributed by atoms with E-state index in [0.717, 1.165) is 32.7 Å². The second-order valence-electron chi connectivity index (χ2n) is 7.82. The molecule has 1 aliphatic rings. The molecule has 4 nitrogen and oxygen atoms in total. The van der Waals surface area contributed by atoms with Crippen LogP contribution in [0.5, 0.6) is 0 Å². The third-order valence-corrected chi connectivity index (χ3v) is 5.76. The van der Waals surface area contributed by atoms with Crippen molar-refractivity contribution in [3.05, 3.63) is 64.7 Å². The van der Waals surface area contributed by atoms with E-state index in [4.69, 9.17) is 0 Å². The summed E-state index contributed by atoms with van der Waals surface area (Å²) in [7, 11) is 2.11. The molecule has 1 fully saturated rings. The number of rotatable bonds is 5. The van der Waals surface area contributed by atoms with Crippen molar-refractivity contribution in [3.63, 3.8) is 0 Å². The van der Waals surface area contributed by atoms with Gasteiger partial charge in [-0.05, 0) is 43.5 Å². The molecule has 1 atom stereocenters. The minimum atomic E-state index is 0.265. The van der Waals surface area contributed by atoms with Gasteiger partial charge >= 0.3 is 0 Å². The lowest BCUT2D eigenvalue weighted by Gasteiger charge is -2.37. The molecule has 1 aliphatic heterocycles. The smallest absolute Gasteiger partial charge is 0.277 e. The molecule has 1 saturated heterocycles. The fourth-order valence-electron chi connectivity index (χ4n) is 3.84. The lowest BCUT2D eigenvalue weighted by atomic mass is 10.1. The maximum atomic E-state index is 12.7. The predicted molar refractivity (Wildman–Crippen MR) is 111 cm³/mol. The predicted octanol–water partition coefficient (Wildman–Crippen LogP) is 1.98. The van der Waals surface area contributed by atoms with E-state index in [1.54, 1.807) is 0 Å². The SMILES string of the molecule is Cc1ccccc1C[NH+](C)CC(=O)N1CCN(c2cccc(C)c2C)CC1. The fraction of sp³-hybridized carbons (Fsp3) is 0.435. The molecule has 1 unspecified atom stereocenters. The Morgan fingerprint density at radius 2 is 1.59 bits per heavy atom. The second kappa shape index (κ2) is 8.57. The number of piperazine rings is 1. The van der Waals surface area contributed by atoms with Crippen molar-refractivity contribution in [2.45, 2.75) is 27.3 Å². The lowest BCUT2D eigenvalue weighted by Crippen LogP contribution is -3.09. The van der Waals surface area contributed by atoms with Gasteiger partial charge in [-0.25, -0.2) is 0 Å². The molecule has 1 heterocycles. The number of hydrogen-bond donors (Lipinski definition) is 1. The number of nitrogens with one attached hydrogen (secondary N) is 1. The van der Waals surface area contributed by atoms with Crippen molar-refractivity contribution < 1.29 is 9.69 Å². The van der Waals surface area contributed by atoms with E-state index in [-0.39, 0.29) is 5.91 Å². The van der Waals surface area contributed by atoms with Crippen LogP contribution in [0.4, 0.5) is 5.69 Å². The average Bonchev–Trinajstić information content (AvgIpc) is 2.66. The van der Waals surface area contributed by atoms with Crippen LogP contribution in [0.1, 0.15) is 22.3 Å². The molecule has 0 aliphatic carbocycles. The van der Waals surface area contributed by atoms with Gasteiger partial charge in [-0.1, -0.05) is 36.4 Å². The first kappa shape index (κ1) is 19.4. The Bertz CT molecular complexity index is 794. The molecular weight excluding hydrogens is 334 g/mol. The lowest BCUT2D eigenvalue weighted by molar-refractivity contribution is -0.885. The summed E-state index contributed by atoms with van der Waals surface area (Å²) in [6.45, 7) is 11.4. The zero-order chi connectivity index (χ0) is 19.4. The molecule has 0 saturated carbocycles. The minimum absolute atomic E-state index is 0.265. The second-order valence-corrected chi connectivity index (χ2v) is 7.82. The topological polar surface area (TPSA) is 28.0 Å². The summed E-state index contributed by atoms with van der Waals surface area (Å²) in [4.78, 5) is 18.4. The molecule has 144 valence electrons. The maximum Gasteiger partial charge on any atom is 0.277 e. The molecular formula is C23H32N3O+. The summed E-state index contributed by atoms with van der Waals surface area (Å²) >= 11 is 0. The third-order valence-electron chi connectivity index (χ3n) is 5.76. The average molecular weight is 367 g/mol. The van der Waals surface area contributed by atoms with E-state index >= 15 is 0 Å². The number of likely N-dealkylation sites (N-methyl/N-ethyl adjacent to an activating group) is 1. The van der Waals surface area contributed by atoms with Gasteiger partial charge in [0.05, 0.1) is 7.05 Å². The van der Waals surface area contributed by atoms with E-state index < -0.39 is 0 Å². The first-order valence-corrected chi connectivity index (χ1v) is 9.90. The van der Waals surface area contributed by atoms with Crippen molar-refractivity contribution in [2.75, 3.05) is 44.7 Å². The summed E-state index contributed by atoms with van der Waals surface area (Å²) < 4.78 is 0. The van der Waals surface area contributed by atoms with Crippen LogP contribution >= 0.6 is 0 Å². The monoisotopic (exact) mass is 366 g/mol. The highest BCUT2D eigenvalue weighted by Gasteiger charge is 2.24. The molecule has 0 spiro atoms. The van der Waals surface area contributed by atoms with Gasteiger partial charge in [0.25, 0.3) is 5.91 Å². The van der Waals surface area contributed by atoms with Crippen LogP contribution in [0.2, 0.25) is 0 Å². The van der Waals surface area contributed by atoms with Crippen molar-refractivity contribution >= 4 is 11.6 Å². The first-order chi connectivity index (χ1) is 13.0. The normalized spacial score (nSPS) is 15.7. The van der Waals surface area contributed by atoms with Crippen LogP contribution in [0.3, 0.4) is 0 Å². The quantitative estimate of drug-likeness (QED) is 0.876. The number of carbonyl (C=O) groups is 1. The molecule has 4 heteroatoms. The van der Waals surface area contributed by atoms with Crippen molar-refractivity contribution in [3.8, 4) is 0 Å². The molecule has 1 amide bonds. The molecule has 2 aromatic rings. The van der Waals surface area contributed by atoms with Crippen molar-refractivity contribution in [1.82, 2.24) is 4.90 Å². The molecule has 3 rings (SSSR count). The molecule has 0 aromatic heterocycles. The highest BCUT2D eigenvalue weighted by molar-refractivity contribution is 5.77. The Morgan fingerprint density at radius 1 is 0.926 bits per heavy atom. The number of carbonyl (C=O) groups excluding carboxylic acids is 1. The van der Waals surface area contributed by atoms with Gasteiger partial charge in [0.15, 0.2) is 6.54 Å². The van der Waals surface area contributed by atoms with Gasteiger partial charge in [-0.2, -0.15) is 0 Å². The van der Waals surface area contributed by atoms with Crippen LogP contribution < -0.4 is 9.80 Å². The number of quaternary nitrogens is 1. The van der Waals surface area contributed by atoms with Gasteiger partial charge in [-0.15, -0.1) is 0 Å². The zero-order valence-electron chi connectivity index (χ0n) is 17.1. The van der Waals surface area contributed by atoms with E-state index in [9.17, 15) is 4.79 Å². The molecule has 0 bridgehead atoms. The van der Waals surface area contributed by atoms with Crippen LogP contribution in [-0.2, 0) is 11.3 Å². The summed E-state index contributed by atoms with van der Waals surface area (Å²) in [5.41, 5.74) is 6.60. The molecule has 0 radical (unpaired) electrons. The molecule has 2 aromatic carbocycles. The number of anilines is 1. The Labute approximate surface area is 163 Å². The third kappa shape index (κ3) is 4.69. The van der Waals surface area contributed by atoms with Crippen LogP contribution in [0, 0.1) is 20.8 Å². The Kier molecular flexibility index (Phi) is 6.17. The number of hydrogen-bond acceptors (Lipinski definition) is 2. The van der Waals surface area contributed by atoms with Gasteiger partial charge in [0.2, 0.25) is 0 Å². The van der Waals surface area contributed by atoms with Gasteiger partial charge < -0.3 is 14.7 Å². The van der Waals surface area contributed by atoms with Gasteiger partial charge in [-0.3, -0.25) is 4.79 Å².